The van der Waals surface area contributed by atoms with Crippen molar-refractivity contribution in [1.82, 2.24) is 19.4 Å². The first kappa shape index (κ1) is 25.7. The van der Waals surface area contributed by atoms with Gasteiger partial charge in [0.15, 0.2) is 0 Å². The first-order chi connectivity index (χ1) is 18.1. The minimum absolute atomic E-state index is 0.0718. The first-order valence-electron chi connectivity index (χ1n) is 12.3. The Morgan fingerprint density at radius 3 is 2.82 bits per heavy atom. The third-order valence-corrected chi connectivity index (χ3v) is 7.88. The average molecular weight is 534 g/mol. The van der Waals surface area contributed by atoms with E-state index in [1.54, 1.807) is 36.9 Å². The number of amides is 2. The Hall–Kier alpha value is -3.89. The van der Waals surface area contributed by atoms with Crippen molar-refractivity contribution in [3.8, 4) is 10.4 Å². The summed E-state index contributed by atoms with van der Waals surface area (Å²) in [5.74, 6) is -0.705. The van der Waals surface area contributed by atoms with Crippen LogP contribution >= 0.6 is 11.3 Å². The van der Waals surface area contributed by atoms with Crippen LogP contribution in [-0.4, -0.2) is 48.9 Å². The molecule has 3 aromatic heterocycles. The van der Waals surface area contributed by atoms with Crippen LogP contribution < -0.4 is 5.32 Å². The van der Waals surface area contributed by atoms with E-state index >= 15 is 0 Å². The predicted molar refractivity (Wildman–Crippen MR) is 145 cm³/mol. The van der Waals surface area contributed by atoms with Crippen LogP contribution in [0.4, 0.5) is 10.3 Å². The molecule has 1 aliphatic rings. The van der Waals surface area contributed by atoms with E-state index in [0.717, 1.165) is 23.2 Å². The Morgan fingerprint density at radius 1 is 1.26 bits per heavy atom. The number of aliphatic hydroxyl groups is 1. The highest BCUT2D eigenvalue weighted by molar-refractivity contribution is 7.17. The Morgan fingerprint density at radius 2 is 2.08 bits per heavy atom. The van der Waals surface area contributed by atoms with E-state index in [-0.39, 0.29) is 17.9 Å². The lowest BCUT2D eigenvalue weighted by Crippen LogP contribution is -2.37. The number of benzene rings is 1. The SMILES string of the molecule is C=CC(=O)N1CCCC1Cn1c(NC(=O)c2ccc(-c3ccnc(F)c3)s2)nc2cc(C(C)(C)O)ccc21. The maximum Gasteiger partial charge on any atom is 0.268 e. The van der Waals surface area contributed by atoms with Crippen molar-refractivity contribution < 1.29 is 19.1 Å². The second kappa shape index (κ2) is 10.1. The number of hydrogen-bond donors (Lipinski definition) is 2. The number of anilines is 1. The maximum atomic E-state index is 13.6. The zero-order valence-electron chi connectivity index (χ0n) is 21.1. The van der Waals surface area contributed by atoms with E-state index in [4.69, 9.17) is 4.98 Å². The molecule has 1 aliphatic heterocycles. The van der Waals surface area contributed by atoms with Gasteiger partial charge < -0.3 is 14.6 Å². The monoisotopic (exact) mass is 533 g/mol. The van der Waals surface area contributed by atoms with E-state index < -0.39 is 11.5 Å². The second-order valence-electron chi connectivity index (χ2n) is 9.83. The molecule has 1 atom stereocenters. The molecule has 4 heterocycles. The average Bonchev–Trinajstić information content (AvgIpc) is 3.62. The van der Waals surface area contributed by atoms with Crippen LogP contribution in [0.25, 0.3) is 21.5 Å². The van der Waals surface area contributed by atoms with Gasteiger partial charge in [0.1, 0.15) is 0 Å². The minimum atomic E-state index is -1.06. The van der Waals surface area contributed by atoms with Gasteiger partial charge in [0, 0.05) is 30.2 Å². The number of hydrogen-bond acceptors (Lipinski definition) is 6. The van der Waals surface area contributed by atoms with Crippen molar-refractivity contribution >= 4 is 40.1 Å². The summed E-state index contributed by atoms with van der Waals surface area (Å²) in [5.41, 5.74) is 1.69. The molecule has 1 saturated heterocycles. The van der Waals surface area contributed by atoms with Crippen molar-refractivity contribution in [2.45, 2.75) is 44.9 Å². The molecule has 0 spiro atoms. The summed E-state index contributed by atoms with van der Waals surface area (Å²) in [4.78, 5) is 37.0. The Kier molecular flexibility index (Phi) is 6.85. The topological polar surface area (TPSA) is 100 Å². The van der Waals surface area contributed by atoms with Gasteiger partial charge in [-0.25, -0.2) is 9.97 Å². The summed E-state index contributed by atoms with van der Waals surface area (Å²) in [6.07, 6.45) is 4.42. The fraction of sp³-hybridized carbons (Fsp3) is 0.286. The molecule has 1 aromatic carbocycles. The number of pyridine rings is 1. The fourth-order valence-corrected chi connectivity index (χ4v) is 5.67. The van der Waals surface area contributed by atoms with Crippen LogP contribution in [0.2, 0.25) is 0 Å². The summed E-state index contributed by atoms with van der Waals surface area (Å²) in [6.45, 7) is 8.13. The molecule has 0 bridgehead atoms. The van der Waals surface area contributed by atoms with Gasteiger partial charge in [0.2, 0.25) is 17.8 Å². The Bertz CT molecular complexity index is 1540. The number of fused-ring (bicyclic) bond motifs is 1. The maximum absolute atomic E-state index is 13.6. The van der Waals surface area contributed by atoms with Gasteiger partial charge in [-0.1, -0.05) is 12.6 Å². The molecule has 2 amide bonds. The van der Waals surface area contributed by atoms with Gasteiger partial charge >= 0.3 is 0 Å². The highest BCUT2D eigenvalue weighted by atomic mass is 32.1. The molecule has 0 saturated carbocycles. The zero-order chi connectivity index (χ0) is 27.0. The molecule has 196 valence electrons. The van der Waals surface area contributed by atoms with Crippen LogP contribution in [0.15, 0.2) is 61.3 Å². The number of imidazole rings is 1. The van der Waals surface area contributed by atoms with Gasteiger partial charge in [-0.15, -0.1) is 11.3 Å². The Balaban J connectivity index is 1.48. The van der Waals surface area contributed by atoms with Gasteiger partial charge in [-0.2, -0.15) is 4.39 Å². The van der Waals surface area contributed by atoms with Crippen LogP contribution in [0.5, 0.6) is 0 Å². The van der Waals surface area contributed by atoms with Gasteiger partial charge in [0.05, 0.1) is 27.6 Å². The van der Waals surface area contributed by atoms with E-state index in [0.29, 0.717) is 40.6 Å². The number of aromatic nitrogens is 3. The van der Waals surface area contributed by atoms with Crippen LogP contribution in [0, 0.1) is 5.95 Å². The Labute approximate surface area is 223 Å². The molecule has 5 rings (SSSR count). The number of nitrogens with one attached hydrogen (secondary N) is 1. The van der Waals surface area contributed by atoms with E-state index in [9.17, 15) is 19.1 Å². The van der Waals surface area contributed by atoms with Crippen molar-refractivity contribution in [3.05, 3.63) is 77.7 Å². The lowest BCUT2D eigenvalue weighted by Gasteiger charge is -2.25. The smallest absolute Gasteiger partial charge is 0.268 e. The van der Waals surface area contributed by atoms with Crippen molar-refractivity contribution in [2.75, 3.05) is 11.9 Å². The number of halogens is 1. The highest BCUT2D eigenvalue weighted by Crippen LogP contribution is 2.31. The summed E-state index contributed by atoms with van der Waals surface area (Å²) < 4.78 is 15.5. The lowest BCUT2D eigenvalue weighted by molar-refractivity contribution is -0.126. The summed E-state index contributed by atoms with van der Waals surface area (Å²) >= 11 is 1.24. The standard InChI is InChI=1S/C28H28FN5O3S/c1-4-25(35)33-13-5-6-19(33)16-34-21-8-7-18(28(2,3)37)15-20(21)31-27(34)32-26(36)23-10-9-22(38-23)17-11-12-30-24(29)14-17/h4,7-12,14-15,19,37H,1,5-6,13,16H2,2-3H3,(H,31,32,36). The molecule has 0 aliphatic carbocycles. The molecular weight excluding hydrogens is 505 g/mol. The molecule has 0 radical (unpaired) electrons. The molecule has 4 aromatic rings. The first-order valence-corrected chi connectivity index (χ1v) is 13.1. The molecular formula is C28H28FN5O3S. The van der Waals surface area contributed by atoms with Crippen molar-refractivity contribution in [1.29, 1.82) is 0 Å². The quantitative estimate of drug-likeness (QED) is 0.259. The summed E-state index contributed by atoms with van der Waals surface area (Å²) in [5, 5.41) is 13.4. The van der Waals surface area contributed by atoms with Crippen LogP contribution in [-0.2, 0) is 16.9 Å². The predicted octanol–water partition coefficient (Wildman–Crippen LogP) is 4.96. The summed E-state index contributed by atoms with van der Waals surface area (Å²) in [7, 11) is 0. The number of nitrogens with zero attached hydrogens (tertiary/aromatic N) is 4. The second-order valence-corrected chi connectivity index (χ2v) is 10.9. The van der Waals surface area contributed by atoms with Gasteiger partial charge in [-0.3, -0.25) is 14.9 Å². The molecule has 38 heavy (non-hydrogen) atoms. The minimum Gasteiger partial charge on any atom is -0.386 e. The van der Waals surface area contributed by atoms with E-state index in [2.05, 4.69) is 16.9 Å². The molecule has 8 nitrogen and oxygen atoms in total. The molecule has 1 fully saturated rings. The van der Waals surface area contributed by atoms with Crippen LogP contribution in [0.3, 0.4) is 0 Å². The van der Waals surface area contributed by atoms with E-state index in [1.807, 2.05) is 22.8 Å². The number of carbonyl (C=O) groups excluding carboxylic acids is 2. The lowest BCUT2D eigenvalue weighted by atomic mass is 9.98. The molecule has 10 heteroatoms. The number of likely N-dealkylation sites (tertiary alicyclic amines) is 1. The van der Waals surface area contributed by atoms with Gasteiger partial charge in [0.25, 0.3) is 5.91 Å². The number of carbonyl (C=O) groups is 2. The van der Waals surface area contributed by atoms with Gasteiger partial charge in [-0.05, 0) is 74.2 Å². The largest absolute Gasteiger partial charge is 0.386 e. The number of rotatable bonds is 7. The highest BCUT2D eigenvalue weighted by Gasteiger charge is 2.29. The fourth-order valence-electron chi connectivity index (χ4n) is 4.77. The van der Waals surface area contributed by atoms with E-state index in [1.165, 1.54) is 29.7 Å². The third kappa shape index (κ3) is 5.09. The summed E-state index contributed by atoms with van der Waals surface area (Å²) in [6, 6.07) is 11.9. The van der Waals surface area contributed by atoms with Crippen molar-refractivity contribution in [2.24, 2.45) is 0 Å². The molecule has 2 N–H and O–H groups in total. The normalized spacial score (nSPS) is 15.7. The third-order valence-electron chi connectivity index (χ3n) is 6.75. The van der Waals surface area contributed by atoms with Crippen LogP contribution in [0.1, 0.15) is 41.9 Å². The van der Waals surface area contributed by atoms with Crippen molar-refractivity contribution in [3.63, 3.8) is 0 Å². The number of thiophene rings is 1. The molecule has 1 unspecified atom stereocenters. The zero-order valence-corrected chi connectivity index (χ0v) is 22.0.